The van der Waals surface area contributed by atoms with Crippen molar-refractivity contribution >= 4 is 28.3 Å². The molecule has 0 radical (unpaired) electrons. The highest BCUT2D eigenvalue weighted by atomic mass is 127. The van der Waals surface area contributed by atoms with Crippen LogP contribution in [0.3, 0.4) is 0 Å². The number of hydrogen-bond acceptors (Lipinski definition) is 2. The van der Waals surface area contributed by atoms with Crippen LogP contribution in [0.1, 0.15) is 0 Å². The molecule has 0 bridgehead atoms. The van der Waals surface area contributed by atoms with Gasteiger partial charge in [0.25, 0.3) is 6.43 Å². The molecule has 0 fully saturated rings. The third-order valence-corrected chi connectivity index (χ3v) is 2.24. The number of benzene rings is 1. The van der Waals surface area contributed by atoms with Gasteiger partial charge in [-0.15, -0.1) is 0 Å². The molecule has 14 heavy (non-hydrogen) atoms. The molecule has 1 aromatic rings. The molecule has 0 saturated heterocycles. The maximum Gasteiger partial charge on any atom is 0.272 e. The summed E-state index contributed by atoms with van der Waals surface area (Å²) in [4.78, 5) is 0. The molecule has 0 spiro atoms. The molecule has 0 unspecified atom stereocenters. The van der Waals surface area contributed by atoms with Crippen LogP contribution in [-0.2, 0) is 0 Å². The summed E-state index contributed by atoms with van der Waals surface area (Å²) in [5.41, 5.74) is 5.58. The van der Waals surface area contributed by atoms with Gasteiger partial charge in [-0.3, -0.25) is 0 Å². The first-order chi connectivity index (χ1) is 6.50. The van der Waals surface area contributed by atoms with E-state index in [4.69, 9.17) is 5.73 Å². The van der Waals surface area contributed by atoms with Gasteiger partial charge in [-0.2, -0.15) is 0 Å². The van der Waals surface area contributed by atoms with E-state index in [-0.39, 0.29) is 11.4 Å². The lowest BCUT2D eigenvalue weighted by Gasteiger charge is -2.08. The number of halogens is 4. The Morgan fingerprint density at radius 1 is 1.43 bits per heavy atom. The Bertz CT molecular complexity index is 333. The second-order valence-electron chi connectivity index (χ2n) is 2.51. The van der Waals surface area contributed by atoms with Gasteiger partial charge < -0.3 is 10.5 Å². The molecule has 0 aliphatic heterocycles. The van der Waals surface area contributed by atoms with Crippen molar-refractivity contribution in [3.63, 3.8) is 0 Å². The molecule has 2 N–H and O–H groups in total. The summed E-state index contributed by atoms with van der Waals surface area (Å²) >= 11 is 1.75. The number of anilines is 1. The van der Waals surface area contributed by atoms with Gasteiger partial charge in [-0.05, 0) is 28.7 Å². The van der Waals surface area contributed by atoms with Crippen molar-refractivity contribution in [3.8, 4) is 5.75 Å². The Hall–Kier alpha value is -0.660. The molecular weight excluding hydrogens is 310 g/mol. The van der Waals surface area contributed by atoms with Crippen molar-refractivity contribution in [1.29, 1.82) is 0 Å². The van der Waals surface area contributed by atoms with Crippen LogP contribution in [-0.4, -0.2) is 13.0 Å². The van der Waals surface area contributed by atoms with E-state index in [1.54, 1.807) is 22.6 Å². The van der Waals surface area contributed by atoms with Crippen LogP contribution in [0.5, 0.6) is 5.75 Å². The number of nitrogens with two attached hydrogens (primary N) is 1. The molecule has 0 aliphatic carbocycles. The standard InChI is InChI=1S/C8H7F3INO/c9-4-1-7(14-3-8(10)11)6(13)2-5(4)12/h1-2,8H,3,13H2. The molecular formula is C8H7F3INO. The average Bonchev–Trinajstić information content (AvgIpc) is 2.09. The van der Waals surface area contributed by atoms with Gasteiger partial charge >= 0.3 is 0 Å². The molecule has 0 saturated carbocycles. The highest BCUT2D eigenvalue weighted by Crippen LogP contribution is 2.26. The summed E-state index contributed by atoms with van der Waals surface area (Å²) < 4.78 is 41.4. The Balaban J connectivity index is 2.82. The van der Waals surface area contributed by atoms with Crippen molar-refractivity contribution in [2.24, 2.45) is 0 Å². The molecule has 2 nitrogen and oxygen atoms in total. The topological polar surface area (TPSA) is 35.2 Å². The van der Waals surface area contributed by atoms with Crippen LogP contribution >= 0.6 is 22.6 Å². The Morgan fingerprint density at radius 3 is 2.64 bits per heavy atom. The molecule has 0 aromatic heterocycles. The lowest BCUT2D eigenvalue weighted by Crippen LogP contribution is -2.08. The predicted molar refractivity (Wildman–Crippen MR) is 55.0 cm³/mol. The summed E-state index contributed by atoms with van der Waals surface area (Å²) in [6, 6.07) is 2.33. The van der Waals surface area contributed by atoms with Gasteiger partial charge in [0.15, 0.2) is 0 Å². The third-order valence-electron chi connectivity index (χ3n) is 1.42. The highest BCUT2D eigenvalue weighted by molar-refractivity contribution is 14.1. The minimum absolute atomic E-state index is 0.0526. The second-order valence-corrected chi connectivity index (χ2v) is 3.67. The first-order valence-electron chi connectivity index (χ1n) is 3.66. The zero-order valence-corrected chi connectivity index (χ0v) is 9.09. The number of alkyl halides is 2. The van der Waals surface area contributed by atoms with Gasteiger partial charge in [0.1, 0.15) is 18.2 Å². The zero-order valence-electron chi connectivity index (χ0n) is 6.94. The zero-order chi connectivity index (χ0) is 10.7. The molecule has 1 rings (SSSR count). The van der Waals surface area contributed by atoms with E-state index in [1.165, 1.54) is 6.07 Å². The lowest BCUT2D eigenvalue weighted by molar-refractivity contribution is 0.0821. The summed E-state index contributed by atoms with van der Waals surface area (Å²) in [6.45, 7) is -0.787. The van der Waals surface area contributed by atoms with Gasteiger partial charge in [0, 0.05) is 6.07 Å². The van der Waals surface area contributed by atoms with Crippen LogP contribution in [0.2, 0.25) is 0 Å². The van der Waals surface area contributed by atoms with Crippen molar-refractivity contribution < 1.29 is 17.9 Å². The first-order valence-corrected chi connectivity index (χ1v) is 4.74. The van der Waals surface area contributed by atoms with Gasteiger partial charge in [0.05, 0.1) is 9.26 Å². The van der Waals surface area contributed by atoms with E-state index >= 15 is 0 Å². The minimum atomic E-state index is -2.60. The van der Waals surface area contributed by atoms with Crippen molar-refractivity contribution in [3.05, 3.63) is 21.5 Å². The highest BCUT2D eigenvalue weighted by Gasteiger charge is 2.09. The van der Waals surface area contributed by atoms with Crippen LogP contribution < -0.4 is 10.5 Å². The van der Waals surface area contributed by atoms with Crippen molar-refractivity contribution in [1.82, 2.24) is 0 Å². The van der Waals surface area contributed by atoms with Crippen molar-refractivity contribution in [2.45, 2.75) is 6.43 Å². The van der Waals surface area contributed by atoms with Gasteiger partial charge in [0.2, 0.25) is 0 Å². The third kappa shape index (κ3) is 2.93. The lowest BCUT2D eigenvalue weighted by atomic mass is 10.3. The van der Waals surface area contributed by atoms with E-state index in [0.29, 0.717) is 3.57 Å². The Morgan fingerprint density at radius 2 is 2.07 bits per heavy atom. The molecule has 0 atom stereocenters. The first kappa shape index (κ1) is 11.4. The van der Waals surface area contributed by atoms with Crippen LogP contribution in [0.4, 0.5) is 18.9 Å². The van der Waals surface area contributed by atoms with E-state index < -0.39 is 18.8 Å². The predicted octanol–water partition coefficient (Wildman–Crippen LogP) is 2.66. The fourth-order valence-corrected chi connectivity index (χ4v) is 1.31. The number of nitrogen functional groups attached to an aromatic ring is 1. The largest absolute Gasteiger partial charge is 0.485 e. The van der Waals surface area contributed by atoms with Crippen LogP contribution in [0.25, 0.3) is 0 Å². The summed E-state index contributed by atoms with van der Waals surface area (Å²) in [5.74, 6) is -0.590. The maximum absolute atomic E-state index is 13.0. The average molecular weight is 317 g/mol. The van der Waals surface area contributed by atoms with E-state index in [9.17, 15) is 13.2 Å². The van der Waals surface area contributed by atoms with Crippen LogP contribution in [0.15, 0.2) is 12.1 Å². The quantitative estimate of drug-likeness (QED) is 0.687. The normalized spacial score (nSPS) is 10.6. The fraction of sp³-hybridized carbons (Fsp3) is 0.250. The SMILES string of the molecule is Nc1cc(I)c(F)cc1OCC(F)F. The smallest absolute Gasteiger partial charge is 0.272 e. The monoisotopic (exact) mass is 317 g/mol. The van der Waals surface area contributed by atoms with Gasteiger partial charge in [-0.25, -0.2) is 13.2 Å². The molecule has 0 aliphatic rings. The summed E-state index contributed by atoms with van der Waals surface area (Å²) in [7, 11) is 0. The number of ether oxygens (including phenoxy) is 1. The molecule has 6 heteroatoms. The van der Waals surface area contributed by atoms with Crippen LogP contribution in [0, 0.1) is 9.39 Å². The maximum atomic E-state index is 13.0. The minimum Gasteiger partial charge on any atom is -0.485 e. The van der Waals surface area contributed by atoms with Crippen molar-refractivity contribution in [2.75, 3.05) is 12.3 Å². The summed E-state index contributed by atoms with van der Waals surface area (Å²) in [5, 5.41) is 0. The molecule has 0 amide bonds. The van der Waals surface area contributed by atoms with Gasteiger partial charge in [-0.1, -0.05) is 0 Å². The van der Waals surface area contributed by atoms with E-state index in [1.807, 2.05) is 0 Å². The number of rotatable bonds is 3. The molecule has 78 valence electrons. The van der Waals surface area contributed by atoms with E-state index in [2.05, 4.69) is 4.74 Å². The Labute approximate surface area is 92.4 Å². The second kappa shape index (κ2) is 4.72. The molecule has 1 aromatic carbocycles. The summed E-state index contributed by atoms with van der Waals surface area (Å²) in [6.07, 6.45) is -2.60. The number of hydrogen-bond donors (Lipinski definition) is 1. The molecule has 0 heterocycles. The fourth-order valence-electron chi connectivity index (χ4n) is 0.822. The Kier molecular flexibility index (Phi) is 3.85. The van der Waals surface area contributed by atoms with E-state index in [0.717, 1.165) is 6.07 Å².